The molecule has 4 aromatic carbocycles. The fourth-order valence-corrected chi connectivity index (χ4v) is 16.5. The van der Waals surface area contributed by atoms with Crippen LogP contribution in [0.15, 0.2) is 205 Å². The number of amides is 2. The van der Waals surface area contributed by atoms with E-state index in [1.54, 1.807) is 43.1 Å². The second-order valence-corrected chi connectivity index (χ2v) is 30.0. The van der Waals surface area contributed by atoms with E-state index < -0.39 is 0 Å². The van der Waals surface area contributed by atoms with Crippen LogP contribution < -0.4 is 37.3 Å². The van der Waals surface area contributed by atoms with Crippen molar-refractivity contribution in [3.63, 3.8) is 0 Å². The molecule has 20 heteroatoms. The summed E-state index contributed by atoms with van der Waals surface area (Å²) < 4.78 is 6.07. The van der Waals surface area contributed by atoms with Gasteiger partial charge in [0.15, 0.2) is 16.9 Å². The highest BCUT2D eigenvalue weighted by Crippen LogP contribution is 2.40. The van der Waals surface area contributed by atoms with E-state index in [4.69, 9.17) is 0 Å². The standard InChI is InChI=1S/C33H36N6O2.C27H30N4O.C26H30N6O/c1-22-3-2-15-38(21-22)27-12-16-37(17-13-27)33(41)23-4-7-26(8-5-23)36-29-10-11-30(39-18-14-34-31(29)39)24-6-9-28-25(19-24)20-35-32(28)40;1-18(2)19-3-5-20(6-4-19)21-7-9-23(10-8-21)30-24-11-12-25(31-16-15-29-27(24)31)22-13-14-28-26(32)17-22;1-18(2)30-12-14-31(15-13-30)23-6-4-21(16-19(23)3)29-22-5-7-24(32-11-10-28-26(22)32)20-8-9-27-25(33)17-20/h4-11,14,18-19,22,27,36H,2-3,12-13,15-17,20-21H2,1H3,(H,35,40);7-20,30H,3-6H2,1-2H3,(H,28,32);4-11,16-18,29H,12-15H2,1-3H3,(H,27,33). The van der Waals surface area contributed by atoms with Gasteiger partial charge in [0.05, 0.1) is 34.1 Å². The number of nitrogens with zero attached hydrogens (tertiary/aromatic N) is 10. The summed E-state index contributed by atoms with van der Waals surface area (Å²) in [4.78, 5) is 77.5. The fourth-order valence-electron chi connectivity index (χ4n) is 16.5. The Morgan fingerprint density at radius 1 is 0.528 bits per heavy atom. The summed E-state index contributed by atoms with van der Waals surface area (Å²) in [5.41, 5.74) is 20.1. The largest absolute Gasteiger partial charge is 0.369 e. The highest BCUT2D eigenvalue weighted by Gasteiger charge is 2.31. The van der Waals surface area contributed by atoms with Crippen molar-refractivity contribution in [2.24, 2.45) is 17.8 Å². The predicted molar refractivity (Wildman–Crippen MR) is 426 cm³/mol. The number of pyridine rings is 5. The maximum absolute atomic E-state index is 13.3. The predicted octanol–water partition coefficient (Wildman–Crippen LogP) is 16.0. The third-order valence-electron chi connectivity index (χ3n) is 22.5. The minimum atomic E-state index is -0.121. The molecule has 1 aliphatic carbocycles. The van der Waals surface area contributed by atoms with Gasteiger partial charge >= 0.3 is 0 Å². The smallest absolute Gasteiger partial charge is 0.253 e. The Hall–Kier alpha value is -11.1. The molecule has 4 aliphatic heterocycles. The Bertz CT molecular complexity index is 5220. The van der Waals surface area contributed by atoms with Crippen molar-refractivity contribution < 1.29 is 9.59 Å². The molecule has 1 unspecified atom stereocenters. The molecule has 544 valence electrons. The van der Waals surface area contributed by atoms with Crippen LogP contribution >= 0.6 is 0 Å². The van der Waals surface area contributed by atoms with Crippen molar-refractivity contribution in [1.29, 1.82) is 0 Å². The summed E-state index contributed by atoms with van der Waals surface area (Å²) in [6, 6.07) is 49.6. The summed E-state index contributed by atoms with van der Waals surface area (Å²) in [7, 11) is 0. The number of aromatic amines is 2. The number of carbonyl (C=O) groups excluding carboxylic acids is 2. The number of carbonyl (C=O) groups is 2. The Morgan fingerprint density at radius 3 is 1.58 bits per heavy atom. The molecule has 3 saturated heterocycles. The van der Waals surface area contributed by atoms with Gasteiger partial charge in [0.1, 0.15) is 0 Å². The summed E-state index contributed by atoms with van der Waals surface area (Å²) in [5.74, 6) is 3.27. The maximum atomic E-state index is 13.3. The number of anilines is 7. The number of piperazine rings is 1. The molecule has 0 radical (unpaired) electrons. The van der Waals surface area contributed by atoms with Gasteiger partial charge in [-0.3, -0.25) is 42.2 Å². The molecule has 12 heterocycles. The molecule has 12 aromatic rings. The molecule has 4 fully saturated rings. The Morgan fingerprint density at radius 2 is 1.06 bits per heavy atom. The summed E-state index contributed by atoms with van der Waals surface area (Å²) in [6.07, 6.45) is 24.5. The monoisotopic (exact) mass is 1420 g/mol. The van der Waals surface area contributed by atoms with Crippen LogP contribution in [-0.2, 0) is 6.54 Å². The van der Waals surface area contributed by atoms with Crippen molar-refractivity contribution >= 4 is 68.6 Å². The number of fused-ring (bicyclic) bond motifs is 4. The highest BCUT2D eigenvalue weighted by molar-refractivity contribution is 5.99. The van der Waals surface area contributed by atoms with Gasteiger partial charge in [-0.05, 0) is 240 Å². The quantitative estimate of drug-likeness (QED) is 0.0564. The van der Waals surface area contributed by atoms with Crippen LogP contribution in [0.5, 0.6) is 0 Å². The van der Waals surface area contributed by atoms with Gasteiger partial charge < -0.3 is 41.0 Å². The molecule has 8 aromatic heterocycles. The molecule has 17 rings (SSSR count). The second kappa shape index (κ2) is 31.3. The first-order valence-corrected chi connectivity index (χ1v) is 37.9. The lowest BCUT2D eigenvalue weighted by atomic mass is 9.75. The van der Waals surface area contributed by atoms with Gasteiger partial charge in [-0.15, -0.1) is 0 Å². The zero-order valence-corrected chi connectivity index (χ0v) is 61.6. The van der Waals surface area contributed by atoms with E-state index in [0.717, 1.165) is 171 Å². The first-order valence-electron chi connectivity index (χ1n) is 37.9. The number of hydrogen-bond acceptors (Lipinski definition) is 13. The lowest BCUT2D eigenvalue weighted by Gasteiger charge is -2.41. The number of likely N-dealkylation sites (tertiary alicyclic amines) is 2. The molecule has 0 spiro atoms. The molecule has 20 nitrogen and oxygen atoms in total. The van der Waals surface area contributed by atoms with Gasteiger partial charge in [-0.1, -0.05) is 39.0 Å². The van der Waals surface area contributed by atoms with Crippen LogP contribution in [0.1, 0.15) is 129 Å². The van der Waals surface area contributed by atoms with E-state index in [-0.39, 0.29) is 22.9 Å². The number of H-pyrrole nitrogens is 2. The zero-order valence-electron chi connectivity index (χ0n) is 61.6. The van der Waals surface area contributed by atoms with E-state index in [0.29, 0.717) is 24.5 Å². The lowest BCUT2D eigenvalue weighted by molar-refractivity contribution is 0.0542. The molecule has 6 N–H and O–H groups in total. The number of nitrogens with one attached hydrogen (secondary N) is 6. The van der Waals surface area contributed by atoms with Crippen LogP contribution in [-0.4, -0.2) is 129 Å². The normalized spacial score (nSPS) is 18.0. The van der Waals surface area contributed by atoms with Crippen molar-refractivity contribution in [3.05, 3.63) is 244 Å². The van der Waals surface area contributed by atoms with Crippen molar-refractivity contribution in [3.8, 4) is 33.8 Å². The van der Waals surface area contributed by atoms with E-state index in [9.17, 15) is 19.2 Å². The highest BCUT2D eigenvalue weighted by atomic mass is 16.2. The SMILES string of the molecule is CC(C)C1CCC(c2ccc(Nc3ccc(-c4cc[nH]c(=O)c4)n4ccnc34)cc2)CC1.CC1CCCN(C2CCN(C(=O)c3ccc(Nc4ccc(-c5ccc6c(c5)CNC6=O)n5ccnc45)cc3)CC2)C1.Cc1cc(Nc2ccc(-c3cc[nH]c(=O)c3)n3ccnc23)ccc1N1CCN(C(C)C)CC1. The van der Waals surface area contributed by atoms with Gasteiger partial charge in [0.2, 0.25) is 11.1 Å². The van der Waals surface area contributed by atoms with E-state index in [2.05, 4.69) is 161 Å². The Kier molecular flexibility index (Phi) is 20.8. The third kappa shape index (κ3) is 15.5. The van der Waals surface area contributed by atoms with E-state index >= 15 is 0 Å². The van der Waals surface area contributed by atoms with E-state index in [1.165, 1.54) is 68.4 Å². The zero-order chi connectivity index (χ0) is 73.0. The molecule has 106 heavy (non-hydrogen) atoms. The molecule has 1 saturated carbocycles. The molecule has 5 aliphatic rings. The summed E-state index contributed by atoms with van der Waals surface area (Å²) >= 11 is 0. The Labute approximate surface area is 619 Å². The van der Waals surface area contributed by atoms with E-state index in [1.807, 2.05) is 111 Å². The van der Waals surface area contributed by atoms with Crippen LogP contribution in [0, 0.1) is 24.7 Å². The Balaban J connectivity index is 0.000000129. The average molecular weight is 1420 g/mol. The number of rotatable bonds is 15. The van der Waals surface area contributed by atoms with Crippen molar-refractivity contribution in [1.82, 2.24) is 58.1 Å². The number of piperidine rings is 2. The number of benzene rings is 4. The minimum absolute atomic E-state index is 0.0151. The second-order valence-electron chi connectivity index (χ2n) is 30.0. The topological polar surface area (TPSA) is 213 Å². The van der Waals surface area contributed by atoms with Crippen LogP contribution in [0.4, 0.5) is 39.8 Å². The molecule has 0 bridgehead atoms. The van der Waals surface area contributed by atoms with Crippen LogP contribution in [0.25, 0.3) is 50.7 Å². The molecular weight excluding hydrogens is 1320 g/mol. The third-order valence-corrected chi connectivity index (χ3v) is 22.5. The summed E-state index contributed by atoms with van der Waals surface area (Å²) in [6.45, 7) is 22.7. The lowest BCUT2D eigenvalue weighted by Crippen LogP contribution is -2.49. The first kappa shape index (κ1) is 70.6. The number of aryl methyl sites for hydroxylation is 1. The van der Waals surface area contributed by atoms with Gasteiger partial charge in [0, 0.05) is 171 Å². The van der Waals surface area contributed by atoms with Crippen molar-refractivity contribution in [2.75, 3.05) is 73.2 Å². The minimum Gasteiger partial charge on any atom is -0.369 e. The molecule has 2 amide bonds. The average Bonchev–Trinajstić information content (AvgIpc) is 1.59. The van der Waals surface area contributed by atoms with Gasteiger partial charge in [-0.25, -0.2) is 15.0 Å². The van der Waals surface area contributed by atoms with Gasteiger partial charge in [0.25, 0.3) is 11.8 Å². The maximum Gasteiger partial charge on any atom is 0.253 e. The number of hydrogen-bond donors (Lipinski definition) is 6. The van der Waals surface area contributed by atoms with Crippen molar-refractivity contribution in [2.45, 2.75) is 117 Å². The first-order chi connectivity index (χ1) is 51.6. The van der Waals surface area contributed by atoms with Crippen LogP contribution in [0.2, 0.25) is 0 Å². The number of aromatic nitrogens is 8. The van der Waals surface area contributed by atoms with Gasteiger partial charge in [-0.2, -0.15) is 0 Å². The fraction of sp³-hybridized carbons (Fsp3) is 0.337. The van der Waals surface area contributed by atoms with Crippen LogP contribution in [0.3, 0.4) is 0 Å². The molecular formula is C86H96N16O4. The number of imidazole rings is 3. The summed E-state index contributed by atoms with van der Waals surface area (Å²) in [5, 5.41) is 13.4. The molecule has 1 atom stereocenters.